The van der Waals surface area contributed by atoms with Gasteiger partial charge in [0.25, 0.3) is 0 Å². The Labute approximate surface area is 102 Å². The van der Waals surface area contributed by atoms with Crippen LogP contribution in [0.25, 0.3) is 0 Å². The normalized spacial score (nSPS) is 23.8. The SMILES string of the molecule is COCCNCCNCC1CCCC(F)(F)C1. The van der Waals surface area contributed by atoms with E-state index in [0.717, 1.165) is 26.1 Å². The van der Waals surface area contributed by atoms with Gasteiger partial charge in [0.2, 0.25) is 5.92 Å². The summed E-state index contributed by atoms with van der Waals surface area (Å²) in [6.07, 6.45) is 1.71. The van der Waals surface area contributed by atoms with Crippen molar-refractivity contribution in [2.45, 2.75) is 31.6 Å². The van der Waals surface area contributed by atoms with E-state index in [1.807, 2.05) is 0 Å². The predicted octanol–water partition coefficient (Wildman–Crippen LogP) is 1.64. The highest BCUT2D eigenvalue weighted by Gasteiger charge is 2.35. The molecule has 0 aromatic heterocycles. The number of hydrogen-bond donors (Lipinski definition) is 2. The lowest BCUT2D eigenvalue weighted by Gasteiger charge is -2.29. The van der Waals surface area contributed by atoms with E-state index >= 15 is 0 Å². The van der Waals surface area contributed by atoms with E-state index in [1.165, 1.54) is 0 Å². The number of hydrogen-bond acceptors (Lipinski definition) is 3. The summed E-state index contributed by atoms with van der Waals surface area (Å²) in [5.74, 6) is -2.29. The molecule has 102 valence electrons. The molecule has 1 aliphatic rings. The van der Waals surface area contributed by atoms with Crippen molar-refractivity contribution in [1.29, 1.82) is 0 Å². The number of nitrogens with one attached hydrogen (secondary N) is 2. The summed E-state index contributed by atoms with van der Waals surface area (Å²) in [5, 5.41) is 6.44. The predicted molar refractivity (Wildman–Crippen MR) is 64.5 cm³/mol. The van der Waals surface area contributed by atoms with Gasteiger partial charge in [0, 0.05) is 39.6 Å². The van der Waals surface area contributed by atoms with Gasteiger partial charge in [0.15, 0.2) is 0 Å². The molecule has 0 radical (unpaired) electrons. The molecular formula is C12H24F2N2O. The second-order valence-corrected chi connectivity index (χ2v) is 4.77. The highest BCUT2D eigenvalue weighted by Crippen LogP contribution is 2.36. The third-order valence-electron chi connectivity index (χ3n) is 3.14. The number of alkyl halides is 2. The summed E-state index contributed by atoms with van der Waals surface area (Å²) in [6, 6.07) is 0. The van der Waals surface area contributed by atoms with Crippen LogP contribution in [0.15, 0.2) is 0 Å². The van der Waals surface area contributed by atoms with Crippen LogP contribution >= 0.6 is 0 Å². The van der Waals surface area contributed by atoms with Crippen LogP contribution < -0.4 is 10.6 Å². The lowest BCUT2D eigenvalue weighted by Crippen LogP contribution is -2.35. The second-order valence-electron chi connectivity index (χ2n) is 4.77. The fourth-order valence-corrected chi connectivity index (χ4v) is 2.23. The van der Waals surface area contributed by atoms with Crippen LogP contribution in [0.2, 0.25) is 0 Å². The van der Waals surface area contributed by atoms with E-state index in [4.69, 9.17) is 4.74 Å². The zero-order valence-corrected chi connectivity index (χ0v) is 10.6. The minimum atomic E-state index is -2.43. The Morgan fingerprint density at radius 2 is 2.00 bits per heavy atom. The van der Waals surface area contributed by atoms with Crippen LogP contribution in [0.4, 0.5) is 8.78 Å². The topological polar surface area (TPSA) is 33.3 Å². The number of methoxy groups -OCH3 is 1. The second kappa shape index (κ2) is 7.95. The van der Waals surface area contributed by atoms with Crippen molar-refractivity contribution >= 4 is 0 Å². The first kappa shape index (κ1) is 14.8. The van der Waals surface area contributed by atoms with Crippen molar-refractivity contribution in [3.63, 3.8) is 0 Å². The molecule has 0 aromatic carbocycles. The van der Waals surface area contributed by atoms with Gasteiger partial charge in [0.1, 0.15) is 0 Å². The molecule has 1 unspecified atom stereocenters. The highest BCUT2D eigenvalue weighted by molar-refractivity contribution is 4.79. The summed E-state index contributed by atoms with van der Waals surface area (Å²) in [4.78, 5) is 0. The Morgan fingerprint density at radius 1 is 1.24 bits per heavy atom. The molecule has 1 rings (SSSR count). The van der Waals surface area contributed by atoms with Crippen LogP contribution in [0, 0.1) is 5.92 Å². The van der Waals surface area contributed by atoms with Crippen LogP contribution in [0.1, 0.15) is 25.7 Å². The molecule has 3 nitrogen and oxygen atoms in total. The molecular weight excluding hydrogens is 226 g/mol. The molecule has 0 aliphatic heterocycles. The van der Waals surface area contributed by atoms with Gasteiger partial charge in [-0.15, -0.1) is 0 Å². The summed E-state index contributed by atoms with van der Waals surface area (Å²) < 4.78 is 31.1. The molecule has 0 aromatic rings. The summed E-state index contributed by atoms with van der Waals surface area (Å²) in [5.41, 5.74) is 0. The molecule has 2 N–H and O–H groups in total. The third-order valence-corrected chi connectivity index (χ3v) is 3.14. The van der Waals surface area contributed by atoms with Gasteiger partial charge < -0.3 is 15.4 Å². The van der Waals surface area contributed by atoms with Crippen LogP contribution in [0.3, 0.4) is 0 Å². The fourth-order valence-electron chi connectivity index (χ4n) is 2.23. The highest BCUT2D eigenvalue weighted by atomic mass is 19.3. The third kappa shape index (κ3) is 6.91. The lowest BCUT2D eigenvalue weighted by atomic mass is 9.86. The number of halogens is 2. The molecule has 1 fully saturated rings. The first-order chi connectivity index (χ1) is 8.14. The number of rotatable bonds is 8. The first-order valence-corrected chi connectivity index (χ1v) is 6.42. The van der Waals surface area contributed by atoms with Crippen molar-refractivity contribution < 1.29 is 13.5 Å². The molecule has 0 spiro atoms. The van der Waals surface area contributed by atoms with Crippen molar-refractivity contribution in [3.8, 4) is 0 Å². The van der Waals surface area contributed by atoms with E-state index in [9.17, 15) is 8.78 Å². The van der Waals surface area contributed by atoms with E-state index in [-0.39, 0.29) is 18.8 Å². The van der Waals surface area contributed by atoms with E-state index < -0.39 is 5.92 Å². The minimum Gasteiger partial charge on any atom is -0.383 e. The Balaban J connectivity index is 1.95. The fraction of sp³-hybridized carbons (Fsp3) is 1.00. The van der Waals surface area contributed by atoms with Gasteiger partial charge in [-0.3, -0.25) is 0 Å². The zero-order valence-electron chi connectivity index (χ0n) is 10.6. The maximum atomic E-state index is 13.1. The first-order valence-electron chi connectivity index (χ1n) is 6.42. The molecule has 1 saturated carbocycles. The summed E-state index contributed by atoms with van der Waals surface area (Å²) in [6.45, 7) is 3.92. The Hall–Kier alpha value is -0.260. The minimum absolute atomic E-state index is 0.0527. The van der Waals surface area contributed by atoms with E-state index in [1.54, 1.807) is 7.11 Å². The van der Waals surface area contributed by atoms with Crippen molar-refractivity contribution in [2.75, 3.05) is 39.9 Å². The summed E-state index contributed by atoms with van der Waals surface area (Å²) in [7, 11) is 1.67. The molecule has 17 heavy (non-hydrogen) atoms. The average molecular weight is 250 g/mol. The molecule has 0 bridgehead atoms. The van der Waals surface area contributed by atoms with Gasteiger partial charge in [-0.25, -0.2) is 8.78 Å². The molecule has 1 aliphatic carbocycles. The maximum Gasteiger partial charge on any atom is 0.248 e. The zero-order chi connectivity index (χ0) is 12.6. The van der Waals surface area contributed by atoms with Crippen LogP contribution in [0.5, 0.6) is 0 Å². The molecule has 0 saturated heterocycles. The summed E-state index contributed by atoms with van der Waals surface area (Å²) >= 11 is 0. The molecule has 0 amide bonds. The number of ether oxygens (including phenoxy) is 1. The molecule has 5 heteroatoms. The monoisotopic (exact) mass is 250 g/mol. The molecule has 1 atom stereocenters. The van der Waals surface area contributed by atoms with Gasteiger partial charge in [0.05, 0.1) is 6.61 Å². The largest absolute Gasteiger partial charge is 0.383 e. The van der Waals surface area contributed by atoms with E-state index in [2.05, 4.69) is 10.6 Å². The Bertz CT molecular complexity index is 203. The standard InChI is InChI=1S/C12H24F2N2O/c1-17-8-7-15-5-6-16-10-11-3-2-4-12(13,14)9-11/h11,15-16H,2-10H2,1H3. The van der Waals surface area contributed by atoms with Gasteiger partial charge >= 0.3 is 0 Å². The van der Waals surface area contributed by atoms with Crippen molar-refractivity contribution in [2.24, 2.45) is 5.92 Å². The van der Waals surface area contributed by atoms with Crippen LogP contribution in [-0.2, 0) is 4.74 Å². The van der Waals surface area contributed by atoms with E-state index in [0.29, 0.717) is 19.6 Å². The lowest BCUT2D eigenvalue weighted by molar-refractivity contribution is -0.0519. The smallest absolute Gasteiger partial charge is 0.248 e. The molecule has 0 heterocycles. The maximum absolute atomic E-state index is 13.1. The quantitative estimate of drug-likeness (QED) is 0.643. The van der Waals surface area contributed by atoms with Crippen LogP contribution in [-0.4, -0.2) is 45.8 Å². The Kier molecular flexibility index (Phi) is 6.92. The van der Waals surface area contributed by atoms with Crippen molar-refractivity contribution in [3.05, 3.63) is 0 Å². The Morgan fingerprint density at radius 3 is 2.71 bits per heavy atom. The van der Waals surface area contributed by atoms with Gasteiger partial charge in [-0.05, 0) is 25.3 Å². The van der Waals surface area contributed by atoms with Gasteiger partial charge in [-0.2, -0.15) is 0 Å². The van der Waals surface area contributed by atoms with Crippen molar-refractivity contribution in [1.82, 2.24) is 10.6 Å². The average Bonchev–Trinajstić information content (AvgIpc) is 2.27. The van der Waals surface area contributed by atoms with Gasteiger partial charge in [-0.1, -0.05) is 0 Å².